The summed E-state index contributed by atoms with van der Waals surface area (Å²) in [5.74, 6) is 0. The quantitative estimate of drug-likeness (QED) is 0.681. The molecule has 4 heteroatoms. The monoisotopic (exact) mass is 188 g/mol. The van der Waals surface area contributed by atoms with E-state index in [9.17, 15) is 8.76 Å². The summed E-state index contributed by atoms with van der Waals surface area (Å²) in [4.78, 5) is 0. The molecule has 0 saturated heterocycles. The van der Waals surface area contributed by atoms with Crippen LogP contribution < -0.4 is 5.30 Å². The van der Waals surface area contributed by atoms with Crippen molar-refractivity contribution in [3.63, 3.8) is 0 Å². The molecule has 0 aliphatic heterocycles. The van der Waals surface area contributed by atoms with Crippen molar-refractivity contribution in [2.45, 2.75) is 6.92 Å². The maximum Gasteiger partial charge on any atom is 0.397 e. The molecule has 0 amide bonds. The molecular formula is C8H10FO2P. The Balaban J connectivity index is 2.90. The van der Waals surface area contributed by atoms with Crippen molar-refractivity contribution in [3.8, 4) is 0 Å². The van der Waals surface area contributed by atoms with Crippen LogP contribution in [0.25, 0.3) is 0 Å². The zero-order chi connectivity index (χ0) is 9.03. The van der Waals surface area contributed by atoms with Crippen LogP contribution in [-0.2, 0) is 9.09 Å². The minimum absolute atomic E-state index is 0.114. The first-order valence-corrected chi connectivity index (χ1v) is 5.18. The third kappa shape index (κ3) is 2.16. The molecule has 0 radical (unpaired) electrons. The largest absolute Gasteiger partial charge is 0.397 e. The van der Waals surface area contributed by atoms with E-state index in [1.54, 1.807) is 25.1 Å². The van der Waals surface area contributed by atoms with Gasteiger partial charge in [-0.3, -0.25) is 0 Å². The van der Waals surface area contributed by atoms with Crippen molar-refractivity contribution >= 4 is 13.0 Å². The van der Waals surface area contributed by atoms with E-state index in [2.05, 4.69) is 4.52 Å². The average Bonchev–Trinajstić information content (AvgIpc) is 2.06. The van der Waals surface area contributed by atoms with Crippen LogP contribution in [0.5, 0.6) is 0 Å². The summed E-state index contributed by atoms with van der Waals surface area (Å²) in [5.41, 5.74) is 0. The second kappa shape index (κ2) is 3.83. The lowest BCUT2D eigenvalue weighted by Crippen LogP contribution is -2.02. The highest BCUT2D eigenvalue weighted by atomic mass is 31.2. The molecule has 0 aliphatic carbocycles. The van der Waals surface area contributed by atoms with E-state index >= 15 is 0 Å². The molecule has 1 unspecified atom stereocenters. The molecule has 0 spiro atoms. The van der Waals surface area contributed by atoms with Crippen LogP contribution >= 0.6 is 7.68 Å². The fourth-order valence-corrected chi connectivity index (χ4v) is 1.86. The van der Waals surface area contributed by atoms with Gasteiger partial charge >= 0.3 is 7.68 Å². The van der Waals surface area contributed by atoms with Gasteiger partial charge in [0.05, 0.1) is 11.9 Å². The van der Waals surface area contributed by atoms with E-state index in [0.717, 1.165) is 0 Å². The maximum atomic E-state index is 13.2. The number of hydrogen-bond acceptors (Lipinski definition) is 2. The SMILES string of the molecule is CCOP(=O)(F)c1ccccc1. The van der Waals surface area contributed by atoms with Crippen LogP contribution in [0.2, 0.25) is 0 Å². The molecule has 66 valence electrons. The summed E-state index contributed by atoms with van der Waals surface area (Å²) in [7, 11) is -4.04. The summed E-state index contributed by atoms with van der Waals surface area (Å²) in [5, 5.41) is 0.117. The fraction of sp³-hybridized carbons (Fsp3) is 0.250. The molecule has 1 aromatic carbocycles. The van der Waals surface area contributed by atoms with Crippen LogP contribution in [0.4, 0.5) is 4.20 Å². The fourth-order valence-electron chi connectivity index (χ4n) is 0.847. The summed E-state index contributed by atoms with van der Waals surface area (Å²) in [6.07, 6.45) is 0. The summed E-state index contributed by atoms with van der Waals surface area (Å²) >= 11 is 0. The molecule has 0 aromatic heterocycles. The highest BCUT2D eigenvalue weighted by Crippen LogP contribution is 2.46. The van der Waals surface area contributed by atoms with Gasteiger partial charge in [0.15, 0.2) is 0 Å². The molecule has 2 nitrogen and oxygen atoms in total. The molecule has 0 heterocycles. The minimum Gasteiger partial charge on any atom is -0.302 e. The van der Waals surface area contributed by atoms with Gasteiger partial charge in [-0.1, -0.05) is 18.2 Å². The summed E-state index contributed by atoms with van der Waals surface area (Å²) in [6.45, 7) is 1.72. The van der Waals surface area contributed by atoms with Gasteiger partial charge in [-0.15, -0.1) is 0 Å². The number of benzene rings is 1. The number of halogens is 1. The lowest BCUT2D eigenvalue weighted by atomic mass is 10.4. The van der Waals surface area contributed by atoms with Gasteiger partial charge in [-0.25, -0.2) is 4.57 Å². The molecule has 0 aliphatic rings. The van der Waals surface area contributed by atoms with Crippen molar-refractivity contribution in [1.29, 1.82) is 0 Å². The zero-order valence-electron chi connectivity index (χ0n) is 6.74. The lowest BCUT2D eigenvalue weighted by Gasteiger charge is -2.06. The highest BCUT2D eigenvalue weighted by molar-refractivity contribution is 7.61. The Morgan fingerprint density at radius 3 is 2.50 bits per heavy atom. The Morgan fingerprint density at radius 2 is 2.00 bits per heavy atom. The average molecular weight is 188 g/mol. The molecule has 12 heavy (non-hydrogen) atoms. The Labute approximate surface area is 70.9 Å². The molecule has 0 fully saturated rings. The smallest absolute Gasteiger partial charge is 0.302 e. The third-order valence-electron chi connectivity index (χ3n) is 1.36. The number of hydrogen-bond donors (Lipinski definition) is 0. The molecule has 1 atom stereocenters. The lowest BCUT2D eigenvalue weighted by molar-refractivity contribution is 0.313. The zero-order valence-corrected chi connectivity index (χ0v) is 7.63. The first-order valence-electron chi connectivity index (χ1n) is 3.66. The Bertz CT molecular complexity index is 286. The van der Waals surface area contributed by atoms with Crippen LogP contribution in [0.3, 0.4) is 0 Å². The Morgan fingerprint density at radius 1 is 1.42 bits per heavy atom. The molecule has 0 saturated carbocycles. The molecule has 1 aromatic rings. The van der Waals surface area contributed by atoms with Gasteiger partial charge in [0.2, 0.25) is 0 Å². The van der Waals surface area contributed by atoms with Crippen LogP contribution in [0, 0.1) is 0 Å². The van der Waals surface area contributed by atoms with Crippen molar-refractivity contribution in [3.05, 3.63) is 30.3 Å². The van der Waals surface area contributed by atoms with E-state index in [1.165, 1.54) is 12.1 Å². The molecular weight excluding hydrogens is 178 g/mol. The van der Waals surface area contributed by atoms with Crippen LogP contribution in [-0.4, -0.2) is 6.61 Å². The van der Waals surface area contributed by atoms with Crippen molar-refractivity contribution in [1.82, 2.24) is 0 Å². The standard InChI is InChI=1S/C8H10FO2P/c1-2-11-12(9,10)8-6-4-3-5-7-8/h3-7H,2H2,1H3. The van der Waals surface area contributed by atoms with Crippen LogP contribution in [0.1, 0.15) is 6.92 Å². The predicted molar refractivity (Wildman–Crippen MR) is 46.4 cm³/mol. The van der Waals surface area contributed by atoms with E-state index in [0.29, 0.717) is 0 Å². The third-order valence-corrected chi connectivity index (χ3v) is 2.87. The van der Waals surface area contributed by atoms with Gasteiger partial charge in [0.25, 0.3) is 0 Å². The Kier molecular flexibility index (Phi) is 3.01. The summed E-state index contributed by atoms with van der Waals surface area (Å²) in [6, 6.07) is 7.89. The predicted octanol–water partition coefficient (Wildman–Crippen LogP) is 2.51. The minimum atomic E-state index is -4.04. The molecule has 0 N–H and O–H groups in total. The van der Waals surface area contributed by atoms with Gasteiger partial charge < -0.3 is 4.52 Å². The molecule has 0 bridgehead atoms. The van der Waals surface area contributed by atoms with Crippen molar-refractivity contribution < 1.29 is 13.3 Å². The van der Waals surface area contributed by atoms with Gasteiger partial charge in [-0.2, -0.15) is 4.20 Å². The van der Waals surface area contributed by atoms with Gasteiger partial charge in [0, 0.05) is 0 Å². The van der Waals surface area contributed by atoms with E-state index < -0.39 is 7.68 Å². The second-order valence-electron chi connectivity index (χ2n) is 2.23. The van der Waals surface area contributed by atoms with Crippen molar-refractivity contribution in [2.75, 3.05) is 6.61 Å². The Hall–Kier alpha value is -0.660. The topological polar surface area (TPSA) is 26.3 Å². The molecule has 1 rings (SSSR count). The van der Waals surface area contributed by atoms with E-state index in [-0.39, 0.29) is 11.9 Å². The first kappa shape index (κ1) is 9.43. The highest BCUT2D eigenvalue weighted by Gasteiger charge is 2.23. The van der Waals surface area contributed by atoms with Gasteiger partial charge in [0.1, 0.15) is 0 Å². The second-order valence-corrected chi connectivity index (χ2v) is 3.97. The number of rotatable bonds is 3. The summed E-state index contributed by atoms with van der Waals surface area (Å²) < 4.78 is 28.8. The van der Waals surface area contributed by atoms with E-state index in [4.69, 9.17) is 0 Å². The van der Waals surface area contributed by atoms with Gasteiger partial charge in [-0.05, 0) is 19.1 Å². The first-order chi connectivity index (χ1) is 5.67. The maximum absolute atomic E-state index is 13.2. The normalized spacial score (nSPS) is 15.5. The van der Waals surface area contributed by atoms with E-state index in [1.807, 2.05) is 0 Å². The van der Waals surface area contributed by atoms with Crippen molar-refractivity contribution in [2.24, 2.45) is 0 Å². The van der Waals surface area contributed by atoms with Crippen LogP contribution in [0.15, 0.2) is 30.3 Å².